The van der Waals surface area contributed by atoms with E-state index in [0.717, 1.165) is 6.07 Å². The Morgan fingerprint density at radius 1 is 1.27 bits per heavy atom. The molecule has 9 nitrogen and oxygen atoms in total. The molecule has 0 aromatic heterocycles. The van der Waals surface area contributed by atoms with Crippen LogP contribution in [0, 0.1) is 5.92 Å². The maximum atomic E-state index is 12.9. The van der Waals surface area contributed by atoms with E-state index in [1.54, 1.807) is 6.92 Å². The van der Waals surface area contributed by atoms with Gasteiger partial charge in [-0.3, -0.25) is 24.0 Å². The second-order valence-corrected chi connectivity index (χ2v) is 8.12. The van der Waals surface area contributed by atoms with Crippen LogP contribution in [-0.4, -0.2) is 47.7 Å². The summed E-state index contributed by atoms with van der Waals surface area (Å²) in [7, 11) is 0. The summed E-state index contributed by atoms with van der Waals surface area (Å²) in [5.41, 5.74) is 4.66. The zero-order valence-corrected chi connectivity index (χ0v) is 18.2. The van der Waals surface area contributed by atoms with Gasteiger partial charge in [-0.15, -0.1) is 0 Å². The molecule has 3 atom stereocenters. The number of halogens is 4. The van der Waals surface area contributed by atoms with E-state index >= 15 is 0 Å². The van der Waals surface area contributed by atoms with Crippen molar-refractivity contribution < 1.29 is 37.1 Å². The minimum atomic E-state index is -4.54. The first kappa shape index (κ1) is 26.1. The Morgan fingerprint density at radius 3 is 2.48 bits per heavy atom. The van der Waals surface area contributed by atoms with Crippen LogP contribution in [0.2, 0.25) is 5.02 Å². The van der Waals surface area contributed by atoms with Crippen molar-refractivity contribution in [3.8, 4) is 0 Å². The fraction of sp³-hybridized carbons (Fsp3) is 0.450. The van der Waals surface area contributed by atoms with E-state index in [-0.39, 0.29) is 34.6 Å². The van der Waals surface area contributed by atoms with Crippen molar-refractivity contribution in [2.45, 2.75) is 50.9 Å². The van der Waals surface area contributed by atoms with Crippen LogP contribution in [0.5, 0.6) is 0 Å². The molecule has 180 valence electrons. The number of carbonyl (C=O) groups excluding carboxylic acids is 5. The average molecular weight is 491 g/mol. The number of amides is 4. The van der Waals surface area contributed by atoms with Gasteiger partial charge in [0.05, 0.1) is 23.7 Å². The second kappa shape index (κ2) is 10.6. The third-order valence-corrected chi connectivity index (χ3v) is 5.15. The van der Waals surface area contributed by atoms with Crippen molar-refractivity contribution in [3.05, 3.63) is 28.8 Å². The number of ketones is 1. The summed E-state index contributed by atoms with van der Waals surface area (Å²) in [5.74, 6) is -5.40. The highest BCUT2D eigenvalue weighted by Crippen LogP contribution is 2.25. The van der Waals surface area contributed by atoms with Gasteiger partial charge in [0.15, 0.2) is 0 Å². The standard InChI is InChI=1S/C20H22ClF3N4O5/c1-9-6-10(18(32)26-9)7-14(16(30)17(25)31)28-19(33)12-8-11(21)2-3-13(12)27-15(29)4-5-20(22,23)24/h2-3,8-10,14H,4-7H2,1H3,(H2,25,31)(H,26,32)(H,27,29)(H,28,33)/t9-,10+,14?/m1/s1. The summed E-state index contributed by atoms with van der Waals surface area (Å²) in [6.45, 7) is 1.75. The molecule has 1 aliphatic heterocycles. The molecule has 2 rings (SSSR count). The number of hydrogen-bond acceptors (Lipinski definition) is 5. The number of carbonyl (C=O) groups is 5. The number of hydrogen-bond donors (Lipinski definition) is 4. The Bertz CT molecular complexity index is 970. The molecule has 0 saturated carbocycles. The third-order valence-electron chi connectivity index (χ3n) is 4.92. The molecule has 1 aliphatic rings. The van der Waals surface area contributed by atoms with Crippen molar-refractivity contribution in [1.82, 2.24) is 10.6 Å². The third kappa shape index (κ3) is 7.74. The van der Waals surface area contributed by atoms with Gasteiger partial charge in [0.2, 0.25) is 17.6 Å². The molecule has 1 fully saturated rings. The Balaban J connectivity index is 2.21. The maximum absolute atomic E-state index is 12.9. The zero-order chi connectivity index (χ0) is 24.9. The fourth-order valence-corrected chi connectivity index (χ4v) is 3.53. The molecule has 0 bridgehead atoms. The number of nitrogens with one attached hydrogen (secondary N) is 3. The minimum Gasteiger partial charge on any atom is -0.363 e. The fourth-order valence-electron chi connectivity index (χ4n) is 3.36. The largest absolute Gasteiger partial charge is 0.389 e. The van der Waals surface area contributed by atoms with Crippen LogP contribution >= 0.6 is 11.6 Å². The van der Waals surface area contributed by atoms with E-state index in [4.69, 9.17) is 17.3 Å². The van der Waals surface area contributed by atoms with E-state index in [9.17, 15) is 37.1 Å². The molecule has 5 N–H and O–H groups in total. The summed E-state index contributed by atoms with van der Waals surface area (Å²) in [4.78, 5) is 60.5. The molecular formula is C20H22ClF3N4O5. The monoisotopic (exact) mass is 490 g/mol. The second-order valence-electron chi connectivity index (χ2n) is 7.69. The number of primary amides is 1. The van der Waals surface area contributed by atoms with Gasteiger partial charge < -0.3 is 21.7 Å². The molecule has 4 amide bonds. The molecule has 1 aromatic rings. The number of anilines is 1. The predicted octanol–water partition coefficient (Wildman–Crippen LogP) is 1.69. The number of Topliss-reactive ketones (excluding diaryl/α,β-unsaturated/α-hetero) is 1. The summed E-state index contributed by atoms with van der Waals surface area (Å²) in [6.07, 6.45) is -6.59. The number of benzene rings is 1. The lowest BCUT2D eigenvalue weighted by atomic mass is 9.94. The number of alkyl halides is 3. The molecule has 0 radical (unpaired) electrons. The Morgan fingerprint density at radius 2 is 1.94 bits per heavy atom. The van der Waals surface area contributed by atoms with Crippen molar-refractivity contribution in [2.75, 3.05) is 5.32 Å². The van der Waals surface area contributed by atoms with Crippen molar-refractivity contribution >= 4 is 46.7 Å². The number of nitrogens with two attached hydrogens (primary N) is 1. The van der Waals surface area contributed by atoms with E-state index in [2.05, 4.69) is 16.0 Å². The average Bonchev–Trinajstić information content (AvgIpc) is 3.02. The molecular weight excluding hydrogens is 469 g/mol. The molecule has 0 aliphatic carbocycles. The first-order valence-electron chi connectivity index (χ1n) is 9.88. The molecule has 0 spiro atoms. The van der Waals surface area contributed by atoms with Crippen LogP contribution in [0.25, 0.3) is 0 Å². The zero-order valence-electron chi connectivity index (χ0n) is 17.4. The molecule has 1 unspecified atom stereocenters. The minimum absolute atomic E-state index is 0.0650. The van der Waals surface area contributed by atoms with Crippen LogP contribution in [0.4, 0.5) is 18.9 Å². The van der Waals surface area contributed by atoms with Crippen molar-refractivity contribution in [1.29, 1.82) is 0 Å². The summed E-state index contributed by atoms with van der Waals surface area (Å²) >= 11 is 5.91. The summed E-state index contributed by atoms with van der Waals surface area (Å²) in [6, 6.07) is 2.04. The Kier molecular flexibility index (Phi) is 8.42. The van der Waals surface area contributed by atoms with Crippen LogP contribution < -0.4 is 21.7 Å². The van der Waals surface area contributed by atoms with E-state index < -0.39 is 54.5 Å². The SMILES string of the molecule is C[C@@H]1C[C@@H](CC(NC(=O)c2cc(Cl)ccc2NC(=O)CCC(F)(F)F)C(=O)C(N)=O)C(=O)N1. The van der Waals surface area contributed by atoms with Gasteiger partial charge in [0.25, 0.3) is 11.8 Å². The lowest BCUT2D eigenvalue weighted by molar-refractivity contribution is -0.142. The highest BCUT2D eigenvalue weighted by molar-refractivity contribution is 6.38. The smallest absolute Gasteiger partial charge is 0.363 e. The Labute approximate surface area is 191 Å². The van der Waals surface area contributed by atoms with Gasteiger partial charge in [-0.25, -0.2) is 0 Å². The Hall–Kier alpha value is -3.15. The van der Waals surface area contributed by atoms with Gasteiger partial charge >= 0.3 is 6.18 Å². The quantitative estimate of drug-likeness (QED) is 0.389. The van der Waals surface area contributed by atoms with Gasteiger partial charge in [0.1, 0.15) is 0 Å². The molecule has 1 saturated heterocycles. The van der Waals surface area contributed by atoms with E-state index in [0.29, 0.717) is 6.42 Å². The summed E-state index contributed by atoms with van der Waals surface area (Å²) in [5, 5.41) is 7.24. The van der Waals surface area contributed by atoms with Crippen molar-refractivity contribution in [3.63, 3.8) is 0 Å². The van der Waals surface area contributed by atoms with Gasteiger partial charge in [-0.05, 0) is 38.0 Å². The van der Waals surface area contributed by atoms with Crippen LogP contribution in [0.1, 0.15) is 43.0 Å². The summed E-state index contributed by atoms with van der Waals surface area (Å²) < 4.78 is 37.1. The van der Waals surface area contributed by atoms with Crippen LogP contribution in [0.15, 0.2) is 18.2 Å². The molecule has 1 aromatic carbocycles. The highest BCUT2D eigenvalue weighted by atomic mass is 35.5. The van der Waals surface area contributed by atoms with E-state index in [1.807, 2.05) is 0 Å². The van der Waals surface area contributed by atoms with Gasteiger partial charge in [-0.1, -0.05) is 11.6 Å². The predicted molar refractivity (Wildman–Crippen MR) is 111 cm³/mol. The van der Waals surface area contributed by atoms with Gasteiger partial charge in [-0.2, -0.15) is 13.2 Å². The lowest BCUT2D eigenvalue weighted by Crippen LogP contribution is -2.47. The first-order valence-corrected chi connectivity index (χ1v) is 10.3. The van der Waals surface area contributed by atoms with Crippen LogP contribution in [-0.2, 0) is 19.2 Å². The first-order chi connectivity index (χ1) is 15.3. The highest BCUT2D eigenvalue weighted by Gasteiger charge is 2.36. The molecule has 1 heterocycles. The lowest BCUT2D eigenvalue weighted by Gasteiger charge is -2.20. The van der Waals surface area contributed by atoms with Gasteiger partial charge in [0, 0.05) is 23.4 Å². The maximum Gasteiger partial charge on any atom is 0.389 e. The van der Waals surface area contributed by atoms with Crippen molar-refractivity contribution in [2.24, 2.45) is 11.7 Å². The molecule has 33 heavy (non-hydrogen) atoms. The van der Waals surface area contributed by atoms with E-state index in [1.165, 1.54) is 12.1 Å². The van der Waals surface area contributed by atoms with Crippen LogP contribution in [0.3, 0.4) is 0 Å². The molecule has 13 heteroatoms. The topological polar surface area (TPSA) is 147 Å². The normalized spacial score (nSPS) is 18.9. The number of rotatable bonds is 9.